The molecule has 1 heterocycles. The van der Waals surface area contributed by atoms with E-state index in [9.17, 15) is 19.8 Å². The predicted molar refractivity (Wildman–Crippen MR) is 139 cm³/mol. The van der Waals surface area contributed by atoms with E-state index in [1.807, 2.05) is 19.1 Å². The molecule has 0 saturated heterocycles. The van der Waals surface area contributed by atoms with Gasteiger partial charge in [-0.25, -0.2) is 0 Å². The standard InChI is InChI=1S/C20H21NO5P.C7H4N2O3/c1-16-12-14-21(15-13-16)27(22,25-19-8-4-17(23-2)5-9-19)26-20-10-6-18(24-3)7-11-20;8-4-5-3-6(10)1-2-7(5)9(11)12/h4-15H,1-3H3;1-3,10H/q+1;/p-1. The minimum Gasteiger partial charge on any atom is -0.872 e. The van der Waals surface area contributed by atoms with Gasteiger partial charge in [0, 0.05) is 18.2 Å². The largest absolute Gasteiger partial charge is 0.872 e. The van der Waals surface area contributed by atoms with E-state index in [1.165, 1.54) is 4.34 Å². The fourth-order valence-electron chi connectivity index (χ4n) is 3.07. The summed E-state index contributed by atoms with van der Waals surface area (Å²) in [5, 5.41) is 29.3. The summed E-state index contributed by atoms with van der Waals surface area (Å²) in [4.78, 5) is 9.55. The molecule has 1 aromatic heterocycles. The molecule has 4 aromatic rings. The lowest BCUT2D eigenvalue weighted by Crippen LogP contribution is -2.35. The van der Waals surface area contributed by atoms with Crippen molar-refractivity contribution in [2.45, 2.75) is 6.92 Å². The Morgan fingerprint density at radius 3 is 1.69 bits per heavy atom. The van der Waals surface area contributed by atoms with Crippen molar-refractivity contribution in [2.75, 3.05) is 14.2 Å². The normalized spacial score (nSPS) is 10.3. The number of pyridine rings is 1. The number of nitro groups is 1. The van der Waals surface area contributed by atoms with Crippen LogP contribution < -0.4 is 28.0 Å². The van der Waals surface area contributed by atoms with Crippen LogP contribution in [0.4, 0.5) is 5.69 Å². The maximum absolute atomic E-state index is 13.6. The molecule has 39 heavy (non-hydrogen) atoms. The van der Waals surface area contributed by atoms with Crippen molar-refractivity contribution >= 4 is 13.4 Å². The molecule has 4 rings (SSSR count). The van der Waals surface area contributed by atoms with Gasteiger partial charge in [-0.3, -0.25) is 10.1 Å². The van der Waals surface area contributed by atoms with Crippen LogP contribution in [0.5, 0.6) is 28.7 Å². The second-order valence-corrected chi connectivity index (χ2v) is 9.57. The van der Waals surface area contributed by atoms with Crippen LogP contribution in [0.25, 0.3) is 0 Å². The molecule has 0 aliphatic heterocycles. The van der Waals surface area contributed by atoms with Crippen LogP contribution in [-0.2, 0) is 4.57 Å². The molecule has 0 spiro atoms. The van der Waals surface area contributed by atoms with Crippen LogP contribution in [0.15, 0.2) is 91.3 Å². The zero-order chi connectivity index (χ0) is 28.4. The van der Waals surface area contributed by atoms with Crippen LogP contribution in [0, 0.1) is 28.4 Å². The molecule has 0 unspecified atom stereocenters. The van der Waals surface area contributed by atoms with Crippen molar-refractivity contribution in [3.05, 3.63) is 112 Å². The van der Waals surface area contributed by atoms with Crippen LogP contribution in [-0.4, -0.2) is 19.1 Å². The van der Waals surface area contributed by atoms with Crippen LogP contribution >= 0.6 is 7.75 Å². The monoisotopic (exact) mass is 549 g/mol. The van der Waals surface area contributed by atoms with Crippen molar-refractivity contribution in [1.29, 1.82) is 5.26 Å². The summed E-state index contributed by atoms with van der Waals surface area (Å²) in [6.45, 7) is 1.95. The first kappa shape index (κ1) is 28.5. The van der Waals surface area contributed by atoms with E-state index in [0.717, 1.165) is 23.8 Å². The SMILES string of the molecule is COc1ccc(OP(=O)(Oc2ccc(OC)cc2)[n+]2ccc(C)cc2)cc1.N#Cc1cc([O-])ccc1[N+](=O)[O-]. The molecule has 0 aliphatic carbocycles. The van der Waals surface area contributed by atoms with Gasteiger partial charge in [-0.1, -0.05) is 10.4 Å². The molecular formula is C27H24N3O8P. The van der Waals surface area contributed by atoms with Gasteiger partial charge in [-0.05, 0) is 67.1 Å². The third kappa shape index (κ3) is 7.71. The maximum atomic E-state index is 13.6. The molecule has 12 heteroatoms. The summed E-state index contributed by atoms with van der Waals surface area (Å²) >= 11 is 0. The predicted octanol–water partition coefficient (Wildman–Crippen LogP) is 4.95. The van der Waals surface area contributed by atoms with E-state index in [1.54, 1.807) is 81.2 Å². The average Bonchev–Trinajstić information content (AvgIpc) is 2.94. The van der Waals surface area contributed by atoms with E-state index in [2.05, 4.69) is 0 Å². The van der Waals surface area contributed by atoms with Gasteiger partial charge in [0.05, 0.1) is 19.1 Å². The Labute approximate surface area is 224 Å². The van der Waals surface area contributed by atoms with Gasteiger partial charge in [0.1, 0.15) is 34.6 Å². The molecular weight excluding hydrogens is 525 g/mol. The second kappa shape index (κ2) is 12.9. The number of rotatable bonds is 8. The highest BCUT2D eigenvalue weighted by Crippen LogP contribution is 2.44. The summed E-state index contributed by atoms with van der Waals surface area (Å²) in [7, 11) is -0.589. The number of hydrogen-bond acceptors (Lipinski definition) is 9. The summed E-state index contributed by atoms with van der Waals surface area (Å²) in [6.07, 6.45) is 3.34. The van der Waals surface area contributed by atoms with E-state index in [4.69, 9.17) is 23.8 Å². The fraction of sp³-hybridized carbons (Fsp3) is 0.111. The van der Waals surface area contributed by atoms with Gasteiger partial charge in [0.15, 0.2) is 12.4 Å². The van der Waals surface area contributed by atoms with Crippen molar-refractivity contribution in [3.63, 3.8) is 0 Å². The molecule has 0 bridgehead atoms. The third-order valence-electron chi connectivity index (χ3n) is 5.11. The van der Waals surface area contributed by atoms with Crippen LogP contribution in [0.3, 0.4) is 0 Å². The number of nitro benzene ring substituents is 1. The summed E-state index contributed by atoms with van der Waals surface area (Å²) in [5.74, 6) is 1.76. The Morgan fingerprint density at radius 1 is 0.821 bits per heavy atom. The fourth-order valence-corrected chi connectivity index (χ4v) is 4.53. The number of ether oxygens (including phenoxy) is 2. The number of aryl methyl sites for hydroxylation is 1. The van der Waals surface area contributed by atoms with E-state index in [-0.39, 0.29) is 11.3 Å². The lowest BCUT2D eigenvalue weighted by Gasteiger charge is -2.14. The zero-order valence-corrected chi connectivity index (χ0v) is 22.1. The highest BCUT2D eigenvalue weighted by Gasteiger charge is 2.42. The Morgan fingerprint density at radius 2 is 1.28 bits per heavy atom. The summed E-state index contributed by atoms with van der Waals surface area (Å²) in [6, 6.07) is 21.9. The van der Waals surface area contributed by atoms with Gasteiger partial charge in [-0.15, -0.1) is 5.75 Å². The smallest absolute Gasteiger partial charge is 0.728 e. The van der Waals surface area contributed by atoms with E-state index in [0.29, 0.717) is 23.0 Å². The lowest BCUT2D eigenvalue weighted by atomic mass is 10.2. The first-order valence-electron chi connectivity index (χ1n) is 11.3. The molecule has 200 valence electrons. The number of nitrogens with zero attached hydrogens (tertiary/aromatic N) is 3. The minimum atomic E-state index is -3.75. The van der Waals surface area contributed by atoms with Gasteiger partial charge < -0.3 is 23.6 Å². The van der Waals surface area contributed by atoms with E-state index < -0.39 is 18.4 Å². The lowest BCUT2D eigenvalue weighted by molar-refractivity contribution is -0.536. The topological polar surface area (TPSA) is 148 Å². The molecule has 3 aromatic carbocycles. The van der Waals surface area contributed by atoms with Gasteiger partial charge in [0.2, 0.25) is 0 Å². The van der Waals surface area contributed by atoms with Crippen molar-refractivity contribution in [3.8, 4) is 34.8 Å². The number of benzene rings is 3. The number of hydrogen-bond donors (Lipinski definition) is 0. The molecule has 0 atom stereocenters. The Hall–Kier alpha value is -5.07. The first-order chi connectivity index (χ1) is 18.7. The molecule has 0 saturated carbocycles. The Balaban J connectivity index is 0.000000293. The number of aromatic nitrogens is 1. The van der Waals surface area contributed by atoms with Gasteiger partial charge in [-0.2, -0.15) is 9.83 Å². The molecule has 0 radical (unpaired) electrons. The quantitative estimate of drug-likeness (QED) is 0.169. The van der Waals surface area contributed by atoms with E-state index >= 15 is 0 Å². The molecule has 0 fully saturated rings. The molecule has 0 N–H and O–H groups in total. The van der Waals surface area contributed by atoms with Gasteiger partial charge in [0.25, 0.3) is 5.69 Å². The maximum Gasteiger partial charge on any atom is 0.728 e. The Bertz CT molecular complexity index is 1450. The average molecular weight is 549 g/mol. The third-order valence-corrected chi connectivity index (χ3v) is 6.82. The minimum absolute atomic E-state index is 0.201. The Kier molecular flexibility index (Phi) is 9.46. The van der Waals surface area contributed by atoms with Gasteiger partial charge >= 0.3 is 7.75 Å². The molecule has 11 nitrogen and oxygen atoms in total. The first-order valence-corrected chi connectivity index (χ1v) is 12.8. The van der Waals surface area contributed by atoms with Crippen molar-refractivity contribution < 1.29 is 37.5 Å². The van der Waals surface area contributed by atoms with Crippen molar-refractivity contribution in [2.24, 2.45) is 0 Å². The zero-order valence-electron chi connectivity index (χ0n) is 21.2. The van der Waals surface area contributed by atoms with Crippen LogP contribution in [0.1, 0.15) is 11.1 Å². The number of nitriles is 1. The highest BCUT2D eigenvalue weighted by atomic mass is 31.2. The van der Waals surface area contributed by atoms with Crippen LogP contribution in [0.2, 0.25) is 0 Å². The summed E-state index contributed by atoms with van der Waals surface area (Å²) in [5.41, 5.74) is 0.497. The summed E-state index contributed by atoms with van der Waals surface area (Å²) < 4.78 is 36.9. The van der Waals surface area contributed by atoms with Crippen molar-refractivity contribution in [1.82, 2.24) is 0 Å². The number of methoxy groups -OCH3 is 2. The highest BCUT2D eigenvalue weighted by molar-refractivity contribution is 7.47. The molecule has 0 aliphatic rings. The second-order valence-electron chi connectivity index (χ2n) is 7.81. The molecule has 0 amide bonds.